The van der Waals surface area contributed by atoms with Crippen LogP contribution in [0.15, 0.2) is 109 Å². The second-order valence-corrected chi connectivity index (χ2v) is 10.8. The van der Waals surface area contributed by atoms with Crippen LogP contribution in [0.2, 0.25) is 0 Å². The van der Waals surface area contributed by atoms with Crippen molar-refractivity contribution in [1.29, 1.82) is 5.26 Å². The SMILES string of the molecule is COc1cc(-c2ccc(-c3ccc(C(=O)c4ccc(OCCOCCOC(C)=O)cc4)cc3)c(OC)c2)ccc1-c1ccc(C#N)cc1. The molecule has 0 atom stereocenters. The summed E-state index contributed by atoms with van der Waals surface area (Å²) in [5, 5.41) is 9.12. The smallest absolute Gasteiger partial charge is 0.302 e. The molecule has 8 nitrogen and oxygen atoms in total. The van der Waals surface area contributed by atoms with E-state index in [1.165, 1.54) is 6.92 Å². The first-order valence-corrected chi connectivity index (χ1v) is 15.4. The molecule has 48 heavy (non-hydrogen) atoms. The Morgan fingerprint density at radius 3 is 1.58 bits per heavy atom. The molecule has 0 aliphatic carbocycles. The highest BCUT2D eigenvalue weighted by Gasteiger charge is 2.14. The molecule has 5 rings (SSSR count). The molecule has 0 bridgehead atoms. The van der Waals surface area contributed by atoms with Crippen LogP contribution < -0.4 is 14.2 Å². The van der Waals surface area contributed by atoms with Gasteiger partial charge in [-0.25, -0.2) is 0 Å². The van der Waals surface area contributed by atoms with Crippen molar-refractivity contribution in [3.05, 3.63) is 126 Å². The van der Waals surface area contributed by atoms with Gasteiger partial charge in [0.25, 0.3) is 0 Å². The molecule has 5 aromatic rings. The number of ether oxygens (including phenoxy) is 5. The second-order valence-electron chi connectivity index (χ2n) is 10.8. The van der Waals surface area contributed by atoms with Gasteiger partial charge in [0.2, 0.25) is 0 Å². The van der Waals surface area contributed by atoms with Crippen LogP contribution in [-0.4, -0.2) is 52.4 Å². The van der Waals surface area contributed by atoms with Crippen molar-refractivity contribution in [2.75, 3.05) is 40.6 Å². The monoisotopic (exact) mass is 641 g/mol. The van der Waals surface area contributed by atoms with Crippen LogP contribution >= 0.6 is 0 Å². The van der Waals surface area contributed by atoms with Crippen molar-refractivity contribution in [2.24, 2.45) is 0 Å². The Hall–Kier alpha value is -5.91. The third-order valence-electron chi connectivity index (χ3n) is 7.67. The number of nitrogens with zero attached hydrogens (tertiary/aromatic N) is 1. The molecule has 242 valence electrons. The lowest BCUT2D eigenvalue weighted by Crippen LogP contribution is -2.12. The standard InChI is InChI=1S/C40H35NO7/c1-27(42)47-22-20-46-21-23-48-35-16-12-32(13-17-35)40(43)31-10-8-30(9-11-31)37-19-15-34(25-39(37)45-3)33-14-18-36(38(24-33)44-2)29-6-4-28(26-41)5-7-29/h4-19,24-25H,20-23H2,1-3H3. The fourth-order valence-electron chi connectivity index (χ4n) is 5.18. The maximum atomic E-state index is 13.2. The number of hydrogen-bond acceptors (Lipinski definition) is 8. The van der Waals surface area contributed by atoms with Crippen molar-refractivity contribution in [3.63, 3.8) is 0 Å². The van der Waals surface area contributed by atoms with Crippen LogP contribution in [0.3, 0.4) is 0 Å². The summed E-state index contributed by atoms with van der Waals surface area (Å²) in [6.45, 7) is 2.55. The summed E-state index contributed by atoms with van der Waals surface area (Å²) in [6.07, 6.45) is 0. The van der Waals surface area contributed by atoms with E-state index in [9.17, 15) is 9.59 Å². The van der Waals surface area contributed by atoms with Gasteiger partial charge in [0, 0.05) is 29.2 Å². The molecule has 0 aliphatic heterocycles. The number of nitriles is 1. The molecule has 0 saturated heterocycles. The minimum Gasteiger partial charge on any atom is -0.496 e. The Kier molecular flexibility index (Phi) is 11.2. The van der Waals surface area contributed by atoms with E-state index in [0.29, 0.717) is 48.0 Å². The summed E-state index contributed by atoms with van der Waals surface area (Å²) in [4.78, 5) is 23.9. The molecular weight excluding hydrogens is 606 g/mol. The summed E-state index contributed by atoms with van der Waals surface area (Å²) in [6, 6.07) is 36.1. The van der Waals surface area contributed by atoms with Gasteiger partial charge in [-0.05, 0) is 70.8 Å². The fraction of sp³-hybridized carbons (Fsp3) is 0.175. The third-order valence-corrected chi connectivity index (χ3v) is 7.67. The number of ketones is 1. The van der Waals surface area contributed by atoms with Gasteiger partial charge in [-0.1, -0.05) is 60.7 Å². The van der Waals surface area contributed by atoms with E-state index in [1.807, 2.05) is 72.8 Å². The Morgan fingerprint density at radius 1 is 0.604 bits per heavy atom. The largest absolute Gasteiger partial charge is 0.496 e. The van der Waals surface area contributed by atoms with Crippen molar-refractivity contribution in [2.45, 2.75) is 6.92 Å². The van der Waals surface area contributed by atoms with Crippen molar-refractivity contribution < 1.29 is 33.3 Å². The Morgan fingerprint density at radius 2 is 1.08 bits per heavy atom. The van der Waals surface area contributed by atoms with E-state index in [0.717, 1.165) is 39.1 Å². The number of rotatable bonds is 14. The zero-order valence-electron chi connectivity index (χ0n) is 27.0. The van der Waals surface area contributed by atoms with Gasteiger partial charge in [-0.3, -0.25) is 9.59 Å². The number of carbonyl (C=O) groups excluding carboxylic acids is 2. The van der Waals surface area contributed by atoms with Crippen LogP contribution in [-0.2, 0) is 14.3 Å². The maximum Gasteiger partial charge on any atom is 0.302 e. The summed E-state index contributed by atoms with van der Waals surface area (Å²) in [5.74, 6) is 1.62. The van der Waals surface area contributed by atoms with E-state index in [1.54, 1.807) is 50.6 Å². The van der Waals surface area contributed by atoms with Gasteiger partial charge in [0.15, 0.2) is 5.78 Å². The summed E-state index contributed by atoms with van der Waals surface area (Å²) in [7, 11) is 3.28. The molecule has 5 aromatic carbocycles. The average molecular weight is 642 g/mol. The fourth-order valence-corrected chi connectivity index (χ4v) is 5.18. The number of hydrogen-bond donors (Lipinski definition) is 0. The molecule has 0 N–H and O–H groups in total. The van der Waals surface area contributed by atoms with Crippen molar-refractivity contribution in [1.82, 2.24) is 0 Å². The van der Waals surface area contributed by atoms with E-state index in [4.69, 9.17) is 28.9 Å². The minimum atomic E-state index is -0.339. The molecule has 8 heteroatoms. The lowest BCUT2D eigenvalue weighted by Gasteiger charge is -2.14. The Bertz CT molecular complexity index is 1910. The van der Waals surface area contributed by atoms with Gasteiger partial charge < -0.3 is 23.7 Å². The van der Waals surface area contributed by atoms with Gasteiger partial charge in [0.1, 0.15) is 30.5 Å². The minimum absolute atomic E-state index is 0.0948. The topological polar surface area (TPSA) is 104 Å². The molecule has 0 saturated carbocycles. The molecule has 0 spiro atoms. The molecule has 0 amide bonds. The summed E-state index contributed by atoms with van der Waals surface area (Å²) < 4.78 is 27.4. The second kappa shape index (κ2) is 16.1. The zero-order valence-corrected chi connectivity index (χ0v) is 27.0. The predicted octanol–water partition coefficient (Wildman–Crippen LogP) is 7.77. The lowest BCUT2D eigenvalue weighted by molar-refractivity contribution is -0.142. The van der Waals surface area contributed by atoms with E-state index in [2.05, 4.69) is 6.07 Å². The average Bonchev–Trinajstić information content (AvgIpc) is 3.14. The van der Waals surface area contributed by atoms with Crippen LogP contribution in [0.4, 0.5) is 0 Å². The highest BCUT2D eigenvalue weighted by molar-refractivity contribution is 6.09. The number of esters is 1. The predicted molar refractivity (Wildman–Crippen MR) is 183 cm³/mol. The van der Waals surface area contributed by atoms with Crippen molar-refractivity contribution >= 4 is 11.8 Å². The number of benzene rings is 5. The molecule has 0 aliphatic rings. The quantitative estimate of drug-likeness (QED) is 0.0688. The Labute approximate surface area is 280 Å². The van der Waals surface area contributed by atoms with Crippen LogP contribution in [0.1, 0.15) is 28.4 Å². The van der Waals surface area contributed by atoms with E-state index in [-0.39, 0.29) is 18.4 Å². The van der Waals surface area contributed by atoms with Gasteiger partial charge in [-0.15, -0.1) is 0 Å². The van der Waals surface area contributed by atoms with E-state index >= 15 is 0 Å². The molecule has 0 heterocycles. The molecular formula is C40H35NO7. The molecule has 0 radical (unpaired) electrons. The Balaban J connectivity index is 1.24. The maximum absolute atomic E-state index is 13.2. The first-order valence-electron chi connectivity index (χ1n) is 15.4. The van der Waals surface area contributed by atoms with E-state index < -0.39 is 0 Å². The first kappa shape index (κ1) is 33.5. The zero-order chi connectivity index (χ0) is 33.9. The van der Waals surface area contributed by atoms with Gasteiger partial charge in [-0.2, -0.15) is 5.26 Å². The van der Waals surface area contributed by atoms with Crippen LogP contribution in [0.25, 0.3) is 33.4 Å². The third kappa shape index (κ3) is 8.27. The van der Waals surface area contributed by atoms with Crippen LogP contribution in [0.5, 0.6) is 17.2 Å². The highest BCUT2D eigenvalue weighted by Crippen LogP contribution is 2.38. The molecule has 0 aromatic heterocycles. The molecule has 0 fully saturated rings. The number of methoxy groups -OCH3 is 2. The first-order chi connectivity index (χ1) is 23.4. The van der Waals surface area contributed by atoms with Crippen molar-refractivity contribution in [3.8, 4) is 56.7 Å². The van der Waals surface area contributed by atoms with Gasteiger partial charge in [0.05, 0.1) is 39.1 Å². The normalized spacial score (nSPS) is 10.5. The van der Waals surface area contributed by atoms with Crippen LogP contribution in [0, 0.1) is 11.3 Å². The summed E-state index contributed by atoms with van der Waals surface area (Å²) in [5.41, 5.74) is 7.38. The highest BCUT2D eigenvalue weighted by atomic mass is 16.6. The number of carbonyl (C=O) groups is 2. The summed E-state index contributed by atoms with van der Waals surface area (Å²) >= 11 is 0. The lowest BCUT2D eigenvalue weighted by atomic mass is 9.95. The molecule has 0 unspecified atom stereocenters. The van der Waals surface area contributed by atoms with Gasteiger partial charge >= 0.3 is 5.97 Å².